The van der Waals surface area contributed by atoms with E-state index in [1.54, 1.807) is 0 Å². The first-order valence-corrected chi connectivity index (χ1v) is 6.70. The van der Waals surface area contributed by atoms with Crippen molar-refractivity contribution in [1.82, 2.24) is 0 Å². The fourth-order valence-electron chi connectivity index (χ4n) is 2.91. The van der Waals surface area contributed by atoms with Crippen LogP contribution in [0, 0.1) is 5.41 Å². The topological polar surface area (TPSA) is 26.0 Å². The lowest BCUT2D eigenvalue weighted by Crippen LogP contribution is -2.26. The van der Waals surface area contributed by atoms with E-state index in [0.717, 1.165) is 12.8 Å². The highest BCUT2D eigenvalue weighted by molar-refractivity contribution is 5.85. The normalized spacial score (nSPS) is 13.8. The second-order valence-electron chi connectivity index (χ2n) is 6.16. The van der Waals surface area contributed by atoms with Crippen LogP contribution < -0.4 is 5.73 Å². The molecule has 96 valence electrons. The van der Waals surface area contributed by atoms with Gasteiger partial charge in [-0.2, -0.15) is 0 Å². The first kappa shape index (κ1) is 13.1. The fraction of sp³-hybridized carbons (Fsp3) is 0.412. The minimum Gasteiger partial charge on any atom is -0.328 e. The van der Waals surface area contributed by atoms with E-state index in [0.29, 0.717) is 0 Å². The Morgan fingerprint density at radius 1 is 1.06 bits per heavy atom. The van der Waals surface area contributed by atoms with Gasteiger partial charge in [0, 0.05) is 6.04 Å². The molecule has 2 rings (SSSR count). The number of nitrogens with two attached hydrogens (primary N) is 1. The third kappa shape index (κ3) is 3.11. The van der Waals surface area contributed by atoms with Crippen molar-refractivity contribution in [3.8, 4) is 0 Å². The number of benzene rings is 2. The van der Waals surface area contributed by atoms with Crippen molar-refractivity contribution in [2.24, 2.45) is 11.1 Å². The highest BCUT2D eigenvalue weighted by atomic mass is 14.6. The molecule has 0 aliphatic carbocycles. The number of hydrogen-bond donors (Lipinski definition) is 1. The zero-order valence-electron chi connectivity index (χ0n) is 11.6. The standard InChI is InChI=1S/C17H23N/c1-13(18)11-17(2,3)12-15-9-6-8-14-7-4-5-10-16(14)15/h4-10,13H,11-12,18H2,1-3H3. The van der Waals surface area contributed by atoms with Crippen LogP contribution in [0.15, 0.2) is 42.5 Å². The zero-order chi connectivity index (χ0) is 13.2. The monoisotopic (exact) mass is 241 g/mol. The van der Waals surface area contributed by atoms with E-state index in [9.17, 15) is 0 Å². The van der Waals surface area contributed by atoms with Crippen molar-refractivity contribution in [2.45, 2.75) is 39.7 Å². The molecule has 0 saturated carbocycles. The summed E-state index contributed by atoms with van der Waals surface area (Å²) in [5, 5.41) is 2.70. The molecule has 0 heterocycles. The van der Waals surface area contributed by atoms with E-state index >= 15 is 0 Å². The smallest absolute Gasteiger partial charge is 0.00156 e. The highest BCUT2D eigenvalue weighted by Gasteiger charge is 2.21. The van der Waals surface area contributed by atoms with Crippen molar-refractivity contribution >= 4 is 10.8 Å². The molecule has 0 amide bonds. The van der Waals surface area contributed by atoms with Crippen LogP contribution in [0.25, 0.3) is 10.8 Å². The van der Waals surface area contributed by atoms with Gasteiger partial charge >= 0.3 is 0 Å². The van der Waals surface area contributed by atoms with Crippen LogP contribution >= 0.6 is 0 Å². The summed E-state index contributed by atoms with van der Waals surface area (Å²) in [7, 11) is 0. The van der Waals surface area contributed by atoms with Crippen molar-refractivity contribution in [2.75, 3.05) is 0 Å². The number of rotatable bonds is 4. The average molecular weight is 241 g/mol. The molecule has 0 fully saturated rings. The van der Waals surface area contributed by atoms with Gasteiger partial charge in [0.2, 0.25) is 0 Å². The Labute approximate surface area is 110 Å². The summed E-state index contributed by atoms with van der Waals surface area (Å²) >= 11 is 0. The van der Waals surface area contributed by atoms with Gasteiger partial charge in [-0.1, -0.05) is 56.3 Å². The van der Waals surface area contributed by atoms with Crippen LogP contribution in [0.1, 0.15) is 32.8 Å². The molecule has 0 aromatic heterocycles. The molecule has 2 aromatic carbocycles. The molecule has 1 atom stereocenters. The quantitative estimate of drug-likeness (QED) is 0.855. The summed E-state index contributed by atoms with van der Waals surface area (Å²) in [5.74, 6) is 0. The Hall–Kier alpha value is -1.34. The summed E-state index contributed by atoms with van der Waals surface area (Å²) in [5.41, 5.74) is 7.62. The number of fused-ring (bicyclic) bond motifs is 1. The van der Waals surface area contributed by atoms with Crippen LogP contribution in [-0.2, 0) is 6.42 Å². The summed E-state index contributed by atoms with van der Waals surface area (Å²) in [6.45, 7) is 6.70. The predicted molar refractivity (Wildman–Crippen MR) is 79.7 cm³/mol. The molecule has 0 saturated heterocycles. The van der Waals surface area contributed by atoms with Crippen molar-refractivity contribution in [1.29, 1.82) is 0 Å². The molecule has 0 aliphatic rings. The van der Waals surface area contributed by atoms with Gasteiger partial charge in [-0.3, -0.25) is 0 Å². The molecule has 2 N–H and O–H groups in total. The second-order valence-corrected chi connectivity index (χ2v) is 6.16. The molecule has 1 nitrogen and oxygen atoms in total. The van der Waals surface area contributed by atoms with E-state index in [4.69, 9.17) is 5.73 Å². The van der Waals surface area contributed by atoms with Gasteiger partial charge in [-0.15, -0.1) is 0 Å². The number of hydrogen-bond acceptors (Lipinski definition) is 1. The largest absolute Gasteiger partial charge is 0.328 e. The van der Waals surface area contributed by atoms with E-state index in [-0.39, 0.29) is 11.5 Å². The third-order valence-electron chi connectivity index (χ3n) is 3.42. The Morgan fingerprint density at radius 2 is 1.72 bits per heavy atom. The minimum atomic E-state index is 0.248. The van der Waals surface area contributed by atoms with E-state index in [1.807, 2.05) is 0 Å². The molecule has 1 heteroatoms. The average Bonchev–Trinajstić information content (AvgIpc) is 2.27. The second kappa shape index (κ2) is 5.11. The van der Waals surface area contributed by atoms with Crippen LogP contribution in [0.5, 0.6) is 0 Å². The van der Waals surface area contributed by atoms with Gasteiger partial charge in [0.15, 0.2) is 0 Å². The summed E-state index contributed by atoms with van der Waals surface area (Å²) in [6, 6.07) is 15.4. The minimum absolute atomic E-state index is 0.248. The third-order valence-corrected chi connectivity index (χ3v) is 3.42. The van der Waals surface area contributed by atoms with Crippen LogP contribution in [-0.4, -0.2) is 6.04 Å². The molecular weight excluding hydrogens is 218 g/mol. The summed E-state index contributed by atoms with van der Waals surface area (Å²) < 4.78 is 0. The lowest BCUT2D eigenvalue weighted by atomic mass is 9.79. The molecule has 0 aliphatic heterocycles. The molecule has 2 aromatic rings. The van der Waals surface area contributed by atoms with Crippen molar-refractivity contribution < 1.29 is 0 Å². The van der Waals surface area contributed by atoms with Gasteiger partial charge in [-0.25, -0.2) is 0 Å². The first-order valence-electron chi connectivity index (χ1n) is 6.70. The molecule has 0 bridgehead atoms. The molecule has 0 radical (unpaired) electrons. The van der Waals surface area contributed by atoms with Gasteiger partial charge in [-0.05, 0) is 41.5 Å². The van der Waals surface area contributed by atoms with Gasteiger partial charge in [0.05, 0.1) is 0 Å². The summed E-state index contributed by atoms with van der Waals surface area (Å²) in [4.78, 5) is 0. The maximum atomic E-state index is 5.94. The first-order chi connectivity index (χ1) is 8.48. The highest BCUT2D eigenvalue weighted by Crippen LogP contribution is 2.30. The molecule has 1 unspecified atom stereocenters. The van der Waals surface area contributed by atoms with Gasteiger partial charge < -0.3 is 5.73 Å². The predicted octanol–water partition coefficient (Wildman–Crippen LogP) is 4.15. The van der Waals surface area contributed by atoms with Crippen LogP contribution in [0.4, 0.5) is 0 Å². The van der Waals surface area contributed by atoms with Gasteiger partial charge in [0.1, 0.15) is 0 Å². The lowest BCUT2D eigenvalue weighted by molar-refractivity contribution is 0.310. The van der Waals surface area contributed by atoms with Crippen LogP contribution in [0.2, 0.25) is 0 Å². The van der Waals surface area contributed by atoms with Gasteiger partial charge in [0.25, 0.3) is 0 Å². The molecular formula is C17H23N. The Morgan fingerprint density at radius 3 is 2.44 bits per heavy atom. The maximum absolute atomic E-state index is 5.94. The Kier molecular flexibility index (Phi) is 3.72. The lowest BCUT2D eigenvalue weighted by Gasteiger charge is -2.27. The molecule has 0 spiro atoms. The Balaban J connectivity index is 2.32. The SMILES string of the molecule is CC(N)CC(C)(C)Cc1cccc2ccccc12. The van der Waals surface area contributed by atoms with E-state index in [2.05, 4.69) is 63.2 Å². The molecule has 18 heavy (non-hydrogen) atoms. The maximum Gasteiger partial charge on any atom is 0.00156 e. The van der Waals surface area contributed by atoms with E-state index < -0.39 is 0 Å². The fourth-order valence-corrected chi connectivity index (χ4v) is 2.91. The summed E-state index contributed by atoms with van der Waals surface area (Å²) in [6.07, 6.45) is 2.13. The van der Waals surface area contributed by atoms with Crippen molar-refractivity contribution in [3.63, 3.8) is 0 Å². The van der Waals surface area contributed by atoms with Crippen LogP contribution in [0.3, 0.4) is 0 Å². The Bertz CT molecular complexity index is 521. The van der Waals surface area contributed by atoms with Crippen molar-refractivity contribution in [3.05, 3.63) is 48.0 Å². The zero-order valence-corrected chi connectivity index (χ0v) is 11.6. The van der Waals surface area contributed by atoms with E-state index in [1.165, 1.54) is 16.3 Å².